The second-order valence-electron chi connectivity index (χ2n) is 4.01. The Bertz CT molecular complexity index is 191. The molecule has 0 aromatic heterocycles. The lowest BCUT2D eigenvalue weighted by molar-refractivity contribution is 0.0959. The number of hydrogen-bond donors (Lipinski definition) is 1. The van der Waals surface area contributed by atoms with E-state index < -0.39 is 0 Å². The first-order valence-electron chi connectivity index (χ1n) is 5.44. The fourth-order valence-electron chi connectivity index (χ4n) is 1.60. The average molecular weight is 213 g/mol. The third kappa shape index (κ3) is 6.45. The molecule has 0 aliphatic carbocycles. The van der Waals surface area contributed by atoms with E-state index in [4.69, 9.17) is 15.7 Å². The molecule has 0 aromatic carbocycles. The molecule has 0 aromatic rings. The maximum atomic E-state index is 8.74. The Balaban J connectivity index is 4.03. The Morgan fingerprint density at radius 1 is 1.53 bits per heavy atom. The van der Waals surface area contributed by atoms with Gasteiger partial charge in [-0.1, -0.05) is 0 Å². The van der Waals surface area contributed by atoms with Gasteiger partial charge in [0.1, 0.15) is 0 Å². The highest BCUT2D eigenvalue weighted by Gasteiger charge is 2.15. The molecule has 15 heavy (non-hydrogen) atoms. The van der Waals surface area contributed by atoms with E-state index in [1.54, 1.807) is 7.11 Å². The van der Waals surface area contributed by atoms with Crippen LogP contribution in [-0.4, -0.2) is 44.8 Å². The standard InChI is InChI=1S/C11H23N3O/c1-10(7-13)8-14(2)11(9-15-3)5-4-6-12/h10-11H,4-6,8-9,12H2,1-3H3. The maximum absolute atomic E-state index is 8.74. The van der Waals surface area contributed by atoms with Gasteiger partial charge in [0.25, 0.3) is 0 Å². The molecule has 0 amide bonds. The first-order chi connectivity index (χ1) is 7.15. The van der Waals surface area contributed by atoms with Crippen LogP contribution in [0.5, 0.6) is 0 Å². The predicted octanol–water partition coefficient (Wildman–Crippen LogP) is 0.832. The van der Waals surface area contributed by atoms with Crippen LogP contribution < -0.4 is 5.73 Å². The number of ether oxygens (including phenoxy) is 1. The summed E-state index contributed by atoms with van der Waals surface area (Å²) in [6.07, 6.45) is 2.03. The largest absolute Gasteiger partial charge is 0.383 e. The van der Waals surface area contributed by atoms with Gasteiger partial charge in [0.2, 0.25) is 0 Å². The van der Waals surface area contributed by atoms with E-state index in [-0.39, 0.29) is 5.92 Å². The fourth-order valence-corrected chi connectivity index (χ4v) is 1.60. The van der Waals surface area contributed by atoms with E-state index >= 15 is 0 Å². The lowest BCUT2D eigenvalue weighted by atomic mass is 10.1. The summed E-state index contributed by atoms with van der Waals surface area (Å²) in [4.78, 5) is 2.19. The summed E-state index contributed by atoms with van der Waals surface area (Å²) in [5, 5.41) is 8.74. The predicted molar refractivity (Wildman–Crippen MR) is 61.4 cm³/mol. The van der Waals surface area contributed by atoms with E-state index in [0.29, 0.717) is 19.2 Å². The molecule has 0 aliphatic heterocycles. The molecule has 2 N–H and O–H groups in total. The van der Waals surface area contributed by atoms with Crippen LogP contribution in [-0.2, 0) is 4.74 Å². The van der Waals surface area contributed by atoms with Crippen LogP contribution in [0.2, 0.25) is 0 Å². The van der Waals surface area contributed by atoms with E-state index in [2.05, 4.69) is 11.0 Å². The first kappa shape index (κ1) is 14.4. The molecular weight excluding hydrogens is 190 g/mol. The van der Waals surface area contributed by atoms with E-state index in [1.807, 2.05) is 14.0 Å². The molecule has 0 heterocycles. The molecule has 0 rings (SSSR count). The molecule has 88 valence electrons. The SMILES string of the molecule is COCC(CCCN)N(C)CC(C)C#N. The molecule has 2 unspecified atom stereocenters. The van der Waals surface area contributed by atoms with E-state index in [1.165, 1.54) is 0 Å². The molecule has 0 spiro atoms. The van der Waals surface area contributed by atoms with Gasteiger partial charge in [0.05, 0.1) is 18.6 Å². The molecule has 4 nitrogen and oxygen atoms in total. The van der Waals surface area contributed by atoms with Gasteiger partial charge < -0.3 is 10.5 Å². The van der Waals surface area contributed by atoms with Gasteiger partial charge in [0, 0.05) is 19.7 Å². The smallest absolute Gasteiger partial charge is 0.0666 e. The summed E-state index contributed by atoms with van der Waals surface area (Å²) in [6, 6.07) is 2.61. The first-order valence-corrected chi connectivity index (χ1v) is 5.44. The average Bonchev–Trinajstić information content (AvgIpc) is 2.23. The van der Waals surface area contributed by atoms with Crippen LogP contribution in [0, 0.1) is 17.2 Å². The lowest BCUT2D eigenvalue weighted by Crippen LogP contribution is -2.38. The third-order valence-electron chi connectivity index (χ3n) is 2.51. The number of likely N-dealkylation sites (N-methyl/N-ethyl adjacent to an activating group) is 1. The minimum Gasteiger partial charge on any atom is -0.383 e. The van der Waals surface area contributed by atoms with Crippen LogP contribution in [0.15, 0.2) is 0 Å². The molecule has 0 aliphatic rings. The summed E-state index contributed by atoms with van der Waals surface area (Å²) in [6.45, 7) is 4.13. The second kappa shape index (κ2) is 8.66. The molecule has 0 bridgehead atoms. The highest BCUT2D eigenvalue weighted by Crippen LogP contribution is 2.08. The van der Waals surface area contributed by atoms with Crippen LogP contribution in [0.4, 0.5) is 0 Å². The molecule has 0 saturated heterocycles. The van der Waals surface area contributed by atoms with Crippen LogP contribution >= 0.6 is 0 Å². The minimum atomic E-state index is 0.0623. The number of nitrogens with two attached hydrogens (primary N) is 1. The van der Waals surface area contributed by atoms with Crippen molar-refractivity contribution in [1.29, 1.82) is 5.26 Å². The van der Waals surface area contributed by atoms with Crippen LogP contribution in [0.3, 0.4) is 0 Å². The summed E-state index contributed by atoms with van der Waals surface area (Å²) >= 11 is 0. The zero-order chi connectivity index (χ0) is 11.7. The van der Waals surface area contributed by atoms with Gasteiger partial charge in [-0.15, -0.1) is 0 Å². The number of hydrogen-bond acceptors (Lipinski definition) is 4. The van der Waals surface area contributed by atoms with Crippen molar-refractivity contribution in [3.63, 3.8) is 0 Å². The normalized spacial score (nSPS) is 14.9. The monoisotopic (exact) mass is 213 g/mol. The zero-order valence-corrected chi connectivity index (χ0v) is 10.1. The molecule has 2 atom stereocenters. The maximum Gasteiger partial charge on any atom is 0.0666 e. The van der Waals surface area contributed by atoms with Crippen LogP contribution in [0.1, 0.15) is 19.8 Å². The van der Waals surface area contributed by atoms with Crippen molar-refractivity contribution in [3.05, 3.63) is 0 Å². The Morgan fingerprint density at radius 2 is 2.20 bits per heavy atom. The fraction of sp³-hybridized carbons (Fsp3) is 0.909. The summed E-state index contributed by atoms with van der Waals surface area (Å²) in [7, 11) is 3.74. The highest BCUT2D eigenvalue weighted by atomic mass is 16.5. The molecule has 0 fully saturated rings. The number of nitriles is 1. The highest BCUT2D eigenvalue weighted by molar-refractivity contribution is 4.82. The molecular formula is C11H23N3O. The van der Waals surface area contributed by atoms with E-state index in [9.17, 15) is 0 Å². The minimum absolute atomic E-state index is 0.0623. The second-order valence-corrected chi connectivity index (χ2v) is 4.01. The van der Waals surface area contributed by atoms with Crippen molar-refractivity contribution in [2.75, 3.05) is 33.9 Å². The lowest BCUT2D eigenvalue weighted by Gasteiger charge is -2.28. The van der Waals surface area contributed by atoms with Crippen molar-refractivity contribution in [2.45, 2.75) is 25.8 Å². The Kier molecular flexibility index (Phi) is 8.30. The summed E-state index contributed by atoms with van der Waals surface area (Å²) in [5.74, 6) is 0.0623. The van der Waals surface area contributed by atoms with Gasteiger partial charge in [-0.05, 0) is 33.4 Å². The van der Waals surface area contributed by atoms with Crippen molar-refractivity contribution in [2.24, 2.45) is 11.7 Å². The summed E-state index contributed by atoms with van der Waals surface area (Å²) < 4.78 is 5.17. The molecule has 0 radical (unpaired) electrons. The van der Waals surface area contributed by atoms with E-state index in [0.717, 1.165) is 19.4 Å². The molecule has 4 heteroatoms. The van der Waals surface area contributed by atoms with Crippen molar-refractivity contribution in [1.82, 2.24) is 4.90 Å². The Morgan fingerprint density at radius 3 is 2.67 bits per heavy atom. The number of nitrogens with zero attached hydrogens (tertiary/aromatic N) is 2. The van der Waals surface area contributed by atoms with Gasteiger partial charge in [-0.25, -0.2) is 0 Å². The van der Waals surface area contributed by atoms with Gasteiger partial charge in [-0.2, -0.15) is 5.26 Å². The van der Waals surface area contributed by atoms with Crippen LogP contribution in [0.25, 0.3) is 0 Å². The van der Waals surface area contributed by atoms with Gasteiger partial charge in [0.15, 0.2) is 0 Å². The Labute approximate surface area is 93.0 Å². The topological polar surface area (TPSA) is 62.3 Å². The van der Waals surface area contributed by atoms with Gasteiger partial charge in [-0.3, -0.25) is 4.90 Å². The quantitative estimate of drug-likeness (QED) is 0.649. The zero-order valence-electron chi connectivity index (χ0n) is 10.1. The number of rotatable bonds is 8. The van der Waals surface area contributed by atoms with Crippen molar-refractivity contribution >= 4 is 0 Å². The summed E-state index contributed by atoms with van der Waals surface area (Å²) in [5.41, 5.74) is 5.49. The van der Waals surface area contributed by atoms with Gasteiger partial charge >= 0.3 is 0 Å². The third-order valence-corrected chi connectivity index (χ3v) is 2.51. The number of methoxy groups -OCH3 is 1. The van der Waals surface area contributed by atoms with Crippen molar-refractivity contribution < 1.29 is 4.74 Å². The molecule has 0 saturated carbocycles. The Hall–Kier alpha value is -0.630. The van der Waals surface area contributed by atoms with Crippen molar-refractivity contribution in [3.8, 4) is 6.07 Å².